The molecular formula is C28H19N3S. The third-order valence-electron chi connectivity index (χ3n) is 5.66. The van der Waals surface area contributed by atoms with Crippen LogP contribution in [0, 0.1) is 6.92 Å². The first-order valence-corrected chi connectivity index (χ1v) is 11.4. The van der Waals surface area contributed by atoms with E-state index in [1.807, 2.05) is 72.0 Å². The van der Waals surface area contributed by atoms with Crippen LogP contribution in [0.15, 0.2) is 97.1 Å². The monoisotopic (exact) mass is 429 g/mol. The summed E-state index contributed by atoms with van der Waals surface area (Å²) >= 11 is 1.81. The van der Waals surface area contributed by atoms with Crippen molar-refractivity contribution in [2.45, 2.75) is 6.92 Å². The van der Waals surface area contributed by atoms with Gasteiger partial charge >= 0.3 is 0 Å². The van der Waals surface area contributed by atoms with Crippen molar-refractivity contribution in [2.24, 2.45) is 0 Å². The molecule has 0 fully saturated rings. The Hall–Kier alpha value is -3.89. The molecule has 0 unspecified atom stereocenters. The molecule has 0 bridgehead atoms. The Labute approximate surface area is 190 Å². The summed E-state index contributed by atoms with van der Waals surface area (Å²) in [6.07, 6.45) is 0. The largest absolute Gasteiger partial charge is 0.208 e. The van der Waals surface area contributed by atoms with Crippen LogP contribution in [0.4, 0.5) is 0 Å². The molecule has 0 radical (unpaired) electrons. The van der Waals surface area contributed by atoms with Crippen LogP contribution in [-0.2, 0) is 0 Å². The smallest absolute Gasteiger partial charge is 0.164 e. The standard InChI is InChI=1S/C28H19N3S/c1-18-9-8-14-23-25(18)22-16-15-21(17-24(22)32-23)28-30-26(19-10-4-2-5-11-19)29-27(31-28)20-12-6-3-7-13-20/h2-17H,1H3. The molecule has 0 atom stereocenters. The maximum atomic E-state index is 4.86. The van der Waals surface area contributed by atoms with E-state index in [1.165, 1.54) is 25.7 Å². The van der Waals surface area contributed by atoms with Crippen LogP contribution in [0.3, 0.4) is 0 Å². The molecule has 2 aromatic heterocycles. The second-order valence-electron chi connectivity index (χ2n) is 7.80. The van der Waals surface area contributed by atoms with Crippen molar-refractivity contribution in [3.63, 3.8) is 0 Å². The molecule has 0 saturated carbocycles. The predicted octanol–water partition coefficient (Wildman–Crippen LogP) is 7.55. The Morgan fingerprint density at radius 1 is 0.531 bits per heavy atom. The molecule has 32 heavy (non-hydrogen) atoms. The number of hydrogen-bond acceptors (Lipinski definition) is 4. The summed E-state index contributed by atoms with van der Waals surface area (Å²) in [5.41, 5.74) is 4.26. The minimum Gasteiger partial charge on any atom is -0.208 e. The van der Waals surface area contributed by atoms with Crippen LogP contribution in [0.2, 0.25) is 0 Å². The van der Waals surface area contributed by atoms with Crippen molar-refractivity contribution >= 4 is 31.5 Å². The van der Waals surface area contributed by atoms with Gasteiger partial charge in [0.15, 0.2) is 17.5 Å². The topological polar surface area (TPSA) is 38.7 Å². The summed E-state index contributed by atoms with van der Waals surface area (Å²) in [5.74, 6) is 2.05. The van der Waals surface area contributed by atoms with Gasteiger partial charge in [0, 0.05) is 36.9 Å². The average Bonchev–Trinajstić information content (AvgIpc) is 3.24. The van der Waals surface area contributed by atoms with Crippen molar-refractivity contribution < 1.29 is 0 Å². The summed E-state index contributed by atoms with van der Waals surface area (Å²) in [6.45, 7) is 2.17. The van der Waals surface area contributed by atoms with Crippen LogP contribution in [-0.4, -0.2) is 15.0 Å². The van der Waals surface area contributed by atoms with Crippen LogP contribution in [0.25, 0.3) is 54.3 Å². The normalized spacial score (nSPS) is 11.3. The third-order valence-corrected chi connectivity index (χ3v) is 6.78. The number of nitrogens with zero attached hydrogens (tertiary/aromatic N) is 3. The lowest BCUT2D eigenvalue weighted by molar-refractivity contribution is 1.07. The van der Waals surface area contributed by atoms with Gasteiger partial charge in [-0.05, 0) is 24.6 Å². The summed E-state index contributed by atoms with van der Waals surface area (Å²) in [7, 11) is 0. The van der Waals surface area contributed by atoms with Gasteiger partial charge in [-0.15, -0.1) is 11.3 Å². The zero-order chi connectivity index (χ0) is 21.5. The number of aromatic nitrogens is 3. The number of aryl methyl sites for hydroxylation is 1. The van der Waals surface area contributed by atoms with Crippen LogP contribution < -0.4 is 0 Å². The molecule has 0 aliphatic rings. The molecule has 0 spiro atoms. The second kappa shape index (κ2) is 7.66. The van der Waals surface area contributed by atoms with E-state index in [0.29, 0.717) is 17.5 Å². The Balaban J connectivity index is 1.56. The van der Waals surface area contributed by atoms with Crippen molar-refractivity contribution in [3.8, 4) is 34.2 Å². The molecule has 0 saturated heterocycles. The quantitative estimate of drug-likeness (QED) is 0.291. The van der Waals surface area contributed by atoms with E-state index in [1.54, 1.807) is 0 Å². The third kappa shape index (κ3) is 3.26. The number of thiophene rings is 1. The van der Waals surface area contributed by atoms with E-state index in [-0.39, 0.29) is 0 Å². The van der Waals surface area contributed by atoms with Crippen molar-refractivity contribution in [2.75, 3.05) is 0 Å². The molecule has 6 aromatic rings. The van der Waals surface area contributed by atoms with E-state index in [0.717, 1.165) is 16.7 Å². The lowest BCUT2D eigenvalue weighted by Crippen LogP contribution is -1.99. The lowest BCUT2D eigenvalue weighted by atomic mass is 10.1. The zero-order valence-electron chi connectivity index (χ0n) is 17.5. The van der Waals surface area contributed by atoms with Crippen LogP contribution in [0.1, 0.15) is 5.56 Å². The van der Waals surface area contributed by atoms with E-state index in [4.69, 9.17) is 15.0 Å². The summed E-state index contributed by atoms with van der Waals surface area (Å²) in [6, 6.07) is 33.2. The molecule has 6 rings (SSSR count). The molecule has 0 amide bonds. The summed E-state index contributed by atoms with van der Waals surface area (Å²) in [4.78, 5) is 14.5. The number of rotatable bonds is 3. The molecule has 152 valence electrons. The summed E-state index contributed by atoms with van der Waals surface area (Å²) < 4.78 is 2.55. The van der Waals surface area contributed by atoms with Crippen molar-refractivity contribution in [1.82, 2.24) is 15.0 Å². The van der Waals surface area contributed by atoms with Gasteiger partial charge in [-0.25, -0.2) is 15.0 Å². The second-order valence-corrected chi connectivity index (χ2v) is 8.88. The molecule has 4 aromatic carbocycles. The first-order valence-electron chi connectivity index (χ1n) is 10.6. The molecule has 0 aliphatic carbocycles. The SMILES string of the molecule is Cc1cccc2sc3cc(-c4nc(-c5ccccc5)nc(-c5ccccc5)n4)ccc3c12. The first kappa shape index (κ1) is 18.8. The molecule has 2 heterocycles. The van der Waals surface area contributed by atoms with Gasteiger partial charge < -0.3 is 0 Å². The molecule has 0 N–H and O–H groups in total. The minimum atomic E-state index is 0.682. The van der Waals surface area contributed by atoms with Gasteiger partial charge in [0.25, 0.3) is 0 Å². The summed E-state index contributed by atoms with van der Waals surface area (Å²) in [5, 5.41) is 2.62. The van der Waals surface area contributed by atoms with E-state index >= 15 is 0 Å². The minimum absolute atomic E-state index is 0.682. The fourth-order valence-electron chi connectivity index (χ4n) is 4.08. The van der Waals surface area contributed by atoms with Gasteiger partial charge in [-0.3, -0.25) is 0 Å². The van der Waals surface area contributed by atoms with Crippen molar-refractivity contribution in [3.05, 3.63) is 103 Å². The molecule has 0 aliphatic heterocycles. The molecular weight excluding hydrogens is 410 g/mol. The van der Waals surface area contributed by atoms with Gasteiger partial charge in [0.1, 0.15) is 0 Å². The Morgan fingerprint density at radius 3 is 1.75 bits per heavy atom. The van der Waals surface area contributed by atoms with E-state index < -0.39 is 0 Å². The maximum absolute atomic E-state index is 4.86. The first-order chi connectivity index (χ1) is 15.8. The van der Waals surface area contributed by atoms with Gasteiger partial charge in [0.05, 0.1) is 0 Å². The Morgan fingerprint density at radius 2 is 1.12 bits per heavy atom. The average molecular weight is 430 g/mol. The van der Waals surface area contributed by atoms with Crippen LogP contribution >= 0.6 is 11.3 Å². The predicted molar refractivity (Wildman–Crippen MR) is 134 cm³/mol. The maximum Gasteiger partial charge on any atom is 0.164 e. The highest BCUT2D eigenvalue weighted by molar-refractivity contribution is 7.25. The highest BCUT2D eigenvalue weighted by Gasteiger charge is 2.14. The van der Waals surface area contributed by atoms with E-state index in [2.05, 4.69) is 43.3 Å². The Bertz CT molecular complexity index is 1510. The molecule has 3 nitrogen and oxygen atoms in total. The fraction of sp³-hybridized carbons (Fsp3) is 0.0357. The highest BCUT2D eigenvalue weighted by atomic mass is 32.1. The fourth-order valence-corrected chi connectivity index (χ4v) is 5.30. The van der Waals surface area contributed by atoms with Crippen molar-refractivity contribution in [1.29, 1.82) is 0 Å². The number of fused-ring (bicyclic) bond motifs is 3. The van der Waals surface area contributed by atoms with Gasteiger partial charge in [-0.1, -0.05) is 84.9 Å². The Kier molecular flexibility index (Phi) is 4.51. The highest BCUT2D eigenvalue weighted by Crippen LogP contribution is 2.37. The lowest BCUT2D eigenvalue weighted by Gasteiger charge is -2.08. The number of benzene rings is 4. The molecule has 4 heteroatoms. The van der Waals surface area contributed by atoms with Crippen LogP contribution in [0.5, 0.6) is 0 Å². The van der Waals surface area contributed by atoms with Gasteiger partial charge in [-0.2, -0.15) is 0 Å². The zero-order valence-corrected chi connectivity index (χ0v) is 18.3. The van der Waals surface area contributed by atoms with Gasteiger partial charge in [0.2, 0.25) is 0 Å². The number of hydrogen-bond donors (Lipinski definition) is 0. The van der Waals surface area contributed by atoms with E-state index in [9.17, 15) is 0 Å².